The number of nitrogens with one attached hydrogen (secondary N) is 3. The first-order chi connectivity index (χ1) is 14.1. The number of ether oxygens (including phenoxy) is 1. The van der Waals surface area contributed by atoms with Crippen molar-refractivity contribution in [2.24, 2.45) is 0 Å². The molecule has 1 atom stereocenters. The standard InChI is InChI=1S/C22H22F2N3O3/c1-10-13(21(29)26-15-5-6-25-11(2)18(10)15)9-17(28)27-20-19-14(24)7-12(23)8-16(19)30-22(20,3)4/h5-8,20,25H,9H2,1-4H3,(H,26,29)(H,27,28)/t20-/m0/s1. The van der Waals surface area contributed by atoms with Gasteiger partial charge in [0, 0.05) is 29.0 Å². The molecule has 2 aliphatic heterocycles. The summed E-state index contributed by atoms with van der Waals surface area (Å²) < 4.78 is 33.7. The Kier molecular flexibility index (Phi) is 4.67. The fourth-order valence-corrected chi connectivity index (χ4v) is 4.16. The summed E-state index contributed by atoms with van der Waals surface area (Å²) in [5.74, 6) is -1.93. The highest BCUT2D eigenvalue weighted by molar-refractivity contribution is 5.80. The second kappa shape index (κ2) is 6.97. The van der Waals surface area contributed by atoms with E-state index in [-0.39, 0.29) is 23.3 Å². The first kappa shape index (κ1) is 20.1. The van der Waals surface area contributed by atoms with E-state index in [1.54, 1.807) is 33.0 Å². The Balaban J connectivity index is 1.64. The molecule has 0 aliphatic carbocycles. The van der Waals surface area contributed by atoms with Crippen LogP contribution in [0.2, 0.25) is 0 Å². The third-order valence-electron chi connectivity index (χ3n) is 5.60. The molecule has 6 nitrogen and oxygen atoms in total. The molecule has 8 heteroatoms. The maximum Gasteiger partial charge on any atom is 0.252 e. The number of hydrogen-bond donors (Lipinski definition) is 3. The van der Waals surface area contributed by atoms with Gasteiger partial charge in [0.2, 0.25) is 5.91 Å². The summed E-state index contributed by atoms with van der Waals surface area (Å²) in [7, 11) is 0. The van der Waals surface area contributed by atoms with Crippen LogP contribution in [-0.4, -0.2) is 16.5 Å². The van der Waals surface area contributed by atoms with E-state index in [2.05, 4.69) is 15.6 Å². The number of halogens is 2. The number of rotatable bonds is 3. The Bertz CT molecular complexity index is 1140. The van der Waals surface area contributed by atoms with Gasteiger partial charge in [-0.15, -0.1) is 0 Å². The van der Waals surface area contributed by atoms with Gasteiger partial charge >= 0.3 is 0 Å². The van der Waals surface area contributed by atoms with Crippen LogP contribution in [0.3, 0.4) is 0 Å². The Labute approximate surface area is 172 Å². The number of aromatic nitrogens is 1. The monoisotopic (exact) mass is 414 g/mol. The van der Waals surface area contributed by atoms with Gasteiger partial charge in [-0.1, -0.05) is 0 Å². The predicted octanol–water partition coefficient (Wildman–Crippen LogP) is 3.01. The van der Waals surface area contributed by atoms with Gasteiger partial charge in [0.05, 0.1) is 24.1 Å². The topological polar surface area (TPSA) is 83.2 Å². The van der Waals surface area contributed by atoms with Crippen molar-refractivity contribution < 1.29 is 18.3 Å². The molecule has 0 saturated carbocycles. The average molecular weight is 414 g/mol. The van der Waals surface area contributed by atoms with Gasteiger partial charge in [0.25, 0.3) is 5.56 Å². The molecule has 2 aliphatic rings. The van der Waals surface area contributed by atoms with E-state index in [0.717, 1.165) is 23.7 Å². The second-order valence-corrected chi connectivity index (χ2v) is 8.13. The molecular formula is C22H22F2N3O3. The number of aromatic amines is 1. The number of fused-ring (bicyclic) bond motifs is 2. The zero-order chi connectivity index (χ0) is 21.8. The second-order valence-electron chi connectivity index (χ2n) is 8.13. The minimum atomic E-state index is -0.983. The molecule has 3 N–H and O–H groups in total. The van der Waals surface area contributed by atoms with Gasteiger partial charge in [-0.05, 0) is 45.5 Å². The molecule has 30 heavy (non-hydrogen) atoms. The molecule has 1 amide bonds. The van der Waals surface area contributed by atoms with E-state index in [4.69, 9.17) is 4.74 Å². The maximum absolute atomic E-state index is 14.4. The smallest absolute Gasteiger partial charge is 0.252 e. The van der Waals surface area contributed by atoms with Crippen LogP contribution in [-0.2, 0) is 11.2 Å². The number of pyridine rings is 1. The van der Waals surface area contributed by atoms with Gasteiger partial charge in [-0.2, -0.15) is 0 Å². The quantitative estimate of drug-likeness (QED) is 0.721. The minimum absolute atomic E-state index is 0.0636. The van der Waals surface area contributed by atoms with E-state index < -0.39 is 29.2 Å². The van der Waals surface area contributed by atoms with Gasteiger partial charge < -0.3 is 20.4 Å². The third-order valence-corrected chi connectivity index (χ3v) is 5.60. The lowest BCUT2D eigenvalue weighted by molar-refractivity contribution is -0.122. The summed E-state index contributed by atoms with van der Waals surface area (Å²) in [6.45, 7) is 7.04. The predicted molar refractivity (Wildman–Crippen MR) is 108 cm³/mol. The van der Waals surface area contributed by atoms with Gasteiger partial charge in [-0.3, -0.25) is 9.59 Å². The molecule has 3 heterocycles. The molecular weight excluding hydrogens is 392 g/mol. The number of carbonyl (C=O) groups is 1. The van der Waals surface area contributed by atoms with Gasteiger partial charge in [0.1, 0.15) is 23.0 Å². The number of amides is 1. The lowest BCUT2D eigenvalue weighted by Gasteiger charge is -2.27. The maximum atomic E-state index is 14.4. The van der Waals surface area contributed by atoms with Crippen LogP contribution in [0, 0.1) is 24.6 Å². The zero-order valence-electron chi connectivity index (χ0n) is 17.1. The fraction of sp³-hybridized carbons (Fsp3) is 0.318. The van der Waals surface area contributed by atoms with Crippen molar-refractivity contribution in [3.63, 3.8) is 0 Å². The zero-order valence-corrected chi connectivity index (χ0v) is 17.1. The summed E-state index contributed by atoms with van der Waals surface area (Å²) >= 11 is 0. The number of H-pyrrole nitrogens is 1. The molecule has 157 valence electrons. The minimum Gasteiger partial charge on any atom is -0.485 e. The summed E-state index contributed by atoms with van der Waals surface area (Å²) in [6, 6.07) is 1.91. The molecule has 0 saturated heterocycles. The van der Waals surface area contributed by atoms with Crippen molar-refractivity contribution >= 4 is 12.0 Å². The molecule has 1 radical (unpaired) electrons. The lowest BCUT2D eigenvalue weighted by Crippen LogP contribution is -2.43. The molecule has 0 fully saturated rings. The van der Waals surface area contributed by atoms with E-state index >= 15 is 0 Å². The molecule has 4 rings (SSSR count). The van der Waals surface area contributed by atoms with Crippen molar-refractivity contribution in [1.82, 2.24) is 15.6 Å². The first-order valence-electron chi connectivity index (χ1n) is 9.58. The van der Waals surface area contributed by atoms with E-state index in [1.165, 1.54) is 0 Å². The summed E-state index contributed by atoms with van der Waals surface area (Å²) in [5.41, 5.74) is 1.33. The van der Waals surface area contributed by atoms with Crippen LogP contribution in [0.15, 0.2) is 23.1 Å². The molecule has 2 aromatic rings. The summed E-state index contributed by atoms with van der Waals surface area (Å²) in [6.07, 6.45) is 3.31. The Morgan fingerprint density at radius 3 is 2.73 bits per heavy atom. The van der Waals surface area contributed by atoms with Crippen LogP contribution in [0.25, 0.3) is 6.08 Å². The Morgan fingerprint density at radius 1 is 1.27 bits per heavy atom. The average Bonchev–Trinajstić information content (AvgIpc) is 2.88. The molecule has 0 bridgehead atoms. The highest BCUT2D eigenvalue weighted by atomic mass is 19.1. The molecule has 0 unspecified atom stereocenters. The number of carbonyl (C=O) groups excluding carboxylic acids is 1. The van der Waals surface area contributed by atoms with Crippen molar-refractivity contribution in [3.8, 4) is 5.75 Å². The Morgan fingerprint density at radius 2 is 2.00 bits per heavy atom. The van der Waals surface area contributed by atoms with Crippen molar-refractivity contribution in [2.45, 2.75) is 45.8 Å². The van der Waals surface area contributed by atoms with Crippen molar-refractivity contribution in [1.29, 1.82) is 0 Å². The lowest BCUT2D eigenvalue weighted by atomic mass is 9.92. The number of hydrogen-bond acceptors (Lipinski definition) is 4. The van der Waals surface area contributed by atoms with Gasteiger partial charge in [-0.25, -0.2) is 8.78 Å². The van der Waals surface area contributed by atoms with E-state index in [1.807, 2.05) is 6.92 Å². The van der Waals surface area contributed by atoms with Crippen molar-refractivity contribution in [2.75, 3.05) is 0 Å². The molecule has 0 spiro atoms. The number of benzene rings is 1. The van der Waals surface area contributed by atoms with Crippen LogP contribution >= 0.6 is 0 Å². The summed E-state index contributed by atoms with van der Waals surface area (Å²) in [4.78, 5) is 28.2. The first-order valence-corrected chi connectivity index (χ1v) is 9.58. The highest BCUT2D eigenvalue weighted by Gasteiger charge is 2.44. The van der Waals surface area contributed by atoms with Crippen LogP contribution in [0.5, 0.6) is 5.75 Å². The van der Waals surface area contributed by atoms with Crippen molar-refractivity contribution in [3.05, 3.63) is 74.3 Å². The SMILES string of the molecule is C[C]1NC=Cc2[nH]c(=O)c(CC(=O)N[C@H]3c4c(F)cc(F)cc4OC3(C)C)c(C)c21. The van der Waals surface area contributed by atoms with Crippen LogP contribution < -0.4 is 20.9 Å². The van der Waals surface area contributed by atoms with E-state index in [0.29, 0.717) is 16.8 Å². The highest BCUT2D eigenvalue weighted by Crippen LogP contribution is 2.44. The normalized spacial score (nSPS) is 18.9. The van der Waals surface area contributed by atoms with E-state index in [9.17, 15) is 18.4 Å². The van der Waals surface area contributed by atoms with Crippen LogP contribution in [0.4, 0.5) is 8.78 Å². The fourth-order valence-electron chi connectivity index (χ4n) is 4.16. The largest absolute Gasteiger partial charge is 0.485 e. The van der Waals surface area contributed by atoms with Crippen LogP contribution in [0.1, 0.15) is 54.8 Å². The summed E-state index contributed by atoms with van der Waals surface area (Å²) in [5, 5.41) is 5.86. The molecule has 1 aromatic carbocycles. The Hall–Kier alpha value is -3.16. The van der Waals surface area contributed by atoms with Gasteiger partial charge in [0.15, 0.2) is 0 Å². The third kappa shape index (κ3) is 3.26. The molecule has 1 aromatic heterocycles.